The molecule has 0 aromatic carbocycles. The zero-order chi connectivity index (χ0) is 11.8. The van der Waals surface area contributed by atoms with Crippen molar-refractivity contribution in [3.63, 3.8) is 0 Å². The van der Waals surface area contributed by atoms with Crippen LogP contribution < -0.4 is 0 Å². The Bertz CT molecular complexity index is 594. The molecule has 17 heavy (non-hydrogen) atoms. The second-order valence-electron chi connectivity index (χ2n) is 3.90. The fourth-order valence-electron chi connectivity index (χ4n) is 1.91. The van der Waals surface area contributed by atoms with Gasteiger partial charge in [-0.25, -0.2) is 4.98 Å². The smallest absolute Gasteiger partial charge is 0.182 e. The molecular weight excluding hydrogens is 300 g/mol. The highest BCUT2D eigenvalue weighted by Crippen LogP contribution is 2.34. The number of aromatic nitrogens is 2. The molecule has 2 heterocycles. The second kappa shape index (κ2) is 4.31. The quantitative estimate of drug-likeness (QED) is 0.810. The Kier molecular flexibility index (Phi) is 2.80. The topological polar surface area (TPSA) is 42.9 Å². The van der Waals surface area contributed by atoms with E-state index in [1.54, 1.807) is 17.5 Å². The molecule has 0 aliphatic heterocycles. The maximum Gasteiger partial charge on any atom is 0.182 e. The number of hydrogen-bond acceptors (Lipinski definition) is 4. The van der Waals surface area contributed by atoms with Crippen molar-refractivity contribution in [3.05, 3.63) is 33.4 Å². The summed E-state index contributed by atoms with van der Waals surface area (Å²) in [6.45, 7) is 0. The molecule has 1 aliphatic carbocycles. The van der Waals surface area contributed by atoms with Crippen molar-refractivity contribution in [2.45, 2.75) is 19.3 Å². The molecule has 3 rings (SSSR count). The third kappa shape index (κ3) is 1.93. The first-order chi connectivity index (χ1) is 8.25. The van der Waals surface area contributed by atoms with E-state index in [1.165, 1.54) is 0 Å². The van der Waals surface area contributed by atoms with Crippen molar-refractivity contribution in [1.82, 2.24) is 9.97 Å². The average Bonchev–Trinajstić information content (AvgIpc) is 2.75. The van der Waals surface area contributed by atoms with E-state index in [1.807, 2.05) is 12.1 Å². The van der Waals surface area contributed by atoms with Crippen LogP contribution in [0.2, 0.25) is 0 Å². The summed E-state index contributed by atoms with van der Waals surface area (Å²) >= 11 is 5.04. The summed E-state index contributed by atoms with van der Waals surface area (Å²) < 4.78 is 0.915. The van der Waals surface area contributed by atoms with E-state index in [9.17, 15) is 4.79 Å². The number of thiazole rings is 1. The average molecular weight is 309 g/mol. The van der Waals surface area contributed by atoms with Crippen LogP contribution in [0.25, 0.3) is 10.7 Å². The van der Waals surface area contributed by atoms with Crippen LogP contribution in [0, 0.1) is 0 Å². The zero-order valence-electron chi connectivity index (χ0n) is 8.94. The van der Waals surface area contributed by atoms with Crippen molar-refractivity contribution < 1.29 is 4.79 Å². The molecule has 86 valence electrons. The van der Waals surface area contributed by atoms with Gasteiger partial charge in [0.05, 0.1) is 0 Å². The summed E-state index contributed by atoms with van der Waals surface area (Å²) in [7, 11) is 0. The molecule has 0 saturated carbocycles. The monoisotopic (exact) mass is 308 g/mol. The van der Waals surface area contributed by atoms with Gasteiger partial charge in [0.2, 0.25) is 0 Å². The predicted molar refractivity (Wildman–Crippen MR) is 70.3 cm³/mol. The Morgan fingerprint density at radius 1 is 1.29 bits per heavy atom. The molecule has 2 aromatic rings. The molecule has 2 aromatic heterocycles. The summed E-state index contributed by atoms with van der Waals surface area (Å²) in [5, 5.41) is 0.831. The molecule has 0 atom stereocenters. The van der Waals surface area contributed by atoms with Crippen LogP contribution in [0.4, 0.5) is 0 Å². The molecule has 3 nitrogen and oxygen atoms in total. The first-order valence-electron chi connectivity index (χ1n) is 5.39. The van der Waals surface area contributed by atoms with Crippen LogP contribution in [0.3, 0.4) is 0 Å². The minimum absolute atomic E-state index is 0.167. The number of Topliss-reactive ketones (excluding diaryl/α,β-unsaturated/α-hetero) is 1. The number of hydrogen-bond donors (Lipinski definition) is 0. The van der Waals surface area contributed by atoms with E-state index in [-0.39, 0.29) is 5.78 Å². The Labute approximate surface area is 111 Å². The van der Waals surface area contributed by atoms with E-state index in [2.05, 4.69) is 25.9 Å². The van der Waals surface area contributed by atoms with Gasteiger partial charge in [-0.2, -0.15) is 0 Å². The minimum atomic E-state index is 0.167. The number of aryl methyl sites for hydroxylation is 1. The molecule has 0 saturated heterocycles. The Hall–Kier alpha value is -1.07. The maximum atomic E-state index is 11.7. The number of carbonyl (C=O) groups excluding carboxylic acids is 1. The number of rotatable bonds is 1. The van der Waals surface area contributed by atoms with E-state index < -0.39 is 0 Å². The first kappa shape index (κ1) is 11.0. The van der Waals surface area contributed by atoms with Crippen molar-refractivity contribution in [1.29, 1.82) is 0 Å². The number of ketones is 1. The van der Waals surface area contributed by atoms with Gasteiger partial charge in [-0.15, -0.1) is 11.3 Å². The molecule has 0 radical (unpaired) electrons. The number of halogens is 1. The lowest BCUT2D eigenvalue weighted by Crippen LogP contribution is -2.08. The zero-order valence-corrected chi connectivity index (χ0v) is 11.3. The molecule has 0 fully saturated rings. The van der Waals surface area contributed by atoms with Gasteiger partial charge in [-0.05, 0) is 40.9 Å². The van der Waals surface area contributed by atoms with E-state index in [0.717, 1.165) is 32.9 Å². The third-order valence-electron chi connectivity index (χ3n) is 2.73. The van der Waals surface area contributed by atoms with E-state index in [0.29, 0.717) is 12.1 Å². The van der Waals surface area contributed by atoms with Crippen molar-refractivity contribution in [2.24, 2.45) is 0 Å². The number of nitrogens with zero attached hydrogens (tertiary/aromatic N) is 2. The van der Waals surface area contributed by atoms with Crippen LogP contribution in [0.1, 0.15) is 28.2 Å². The summed E-state index contributed by atoms with van der Waals surface area (Å²) in [6, 6.07) is 3.80. The predicted octanol–water partition coefficient (Wildman–Crippen LogP) is 3.49. The van der Waals surface area contributed by atoms with Crippen LogP contribution in [0.5, 0.6) is 0 Å². The Morgan fingerprint density at radius 2 is 2.18 bits per heavy atom. The fraction of sp³-hybridized carbons (Fsp3) is 0.250. The highest BCUT2D eigenvalue weighted by Gasteiger charge is 2.23. The van der Waals surface area contributed by atoms with Gasteiger partial charge in [-0.1, -0.05) is 0 Å². The highest BCUT2D eigenvalue weighted by atomic mass is 79.9. The summed E-state index contributed by atoms with van der Waals surface area (Å²) in [4.78, 5) is 21.6. The molecule has 5 heteroatoms. The molecule has 0 N–H and O–H groups in total. The molecule has 0 unspecified atom stereocenters. The van der Waals surface area contributed by atoms with Gasteiger partial charge in [0.15, 0.2) is 5.78 Å². The van der Waals surface area contributed by atoms with Crippen molar-refractivity contribution in [3.8, 4) is 10.7 Å². The van der Waals surface area contributed by atoms with Gasteiger partial charge >= 0.3 is 0 Å². The van der Waals surface area contributed by atoms with Gasteiger partial charge in [0.1, 0.15) is 16.4 Å². The largest absolute Gasteiger partial charge is 0.292 e. The lowest BCUT2D eigenvalue weighted by Gasteiger charge is -2.06. The summed E-state index contributed by atoms with van der Waals surface area (Å²) in [5.74, 6) is 0.167. The SMILES string of the molecule is O=C1CCCc2sc(-c3ncccc3Br)nc21. The third-order valence-corrected chi connectivity index (χ3v) is 4.49. The van der Waals surface area contributed by atoms with E-state index in [4.69, 9.17) is 0 Å². The summed E-state index contributed by atoms with van der Waals surface area (Å²) in [6.07, 6.45) is 4.27. The van der Waals surface area contributed by atoms with Gasteiger partial charge in [-0.3, -0.25) is 9.78 Å². The number of fused-ring (bicyclic) bond motifs is 1. The van der Waals surface area contributed by atoms with Gasteiger partial charge < -0.3 is 0 Å². The second-order valence-corrected chi connectivity index (χ2v) is 5.84. The highest BCUT2D eigenvalue weighted by molar-refractivity contribution is 9.10. The van der Waals surface area contributed by atoms with Gasteiger partial charge in [0, 0.05) is 22.0 Å². The van der Waals surface area contributed by atoms with E-state index >= 15 is 0 Å². The lowest BCUT2D eigenvalue weighted by atomic mass is 10.0. The standard InChI is InChI=1S/C12H9BrN2OS/c13-7-3-2-6-14-10(7)12-15-11-8(16)4-1-5-9(11)17-12/h2-3,6H,1,4-5H2. The molecule has 0 bridgehead atoms. The Balaban J connectivity index is 2.11. The van der Waals surface area contributed by atoms with Crippen LogP contribution in [-0.4, -0.2) is 15.8 Å². The van der Waals surface area contributed by atoms with Crippen LogP contribution >= 0.6 is 27.3 Å². The first-order valence-corrected chi connectivity index (χ1v) is 7.00. The van der Waals surface area contributed by atoms with Gasteiger partial charge in [0.25, 0.3) is 0 Å². The molecule has 0 amide bonds. The lowest BCUT2D eigenvalue weighted by molar-refractivity contribution is 0.0968. The molecular formula is C12H9BrN2OS. The fourth-order valence-corrected chi connectivity index (χ4v) is 3.62. The van der Waals surface area contributed by atoms with Crippen LogP contribution in [-0.2, 0) is 6.42 Å². The van der Waals surface area contributed by atoms with Crippen LogP contribution in [0.15, 0.2) is 22.8 Å². The van der Waals surface area contributed by atoms with Crippen molar-refractivity contribution >= 4 is 33.0 Å². The number of pyridine rings is 1. The molecule has 0 spiro atoms. The minimum Gasteiger partial charge on any atom is -0.292 e. The van der Waals surface area contributed by atoms with Crippen molar-refractivity contribution in [2.75, 3.05) is 0 Å². The Morgan fingerprint density at radius 3 is 2.94 bits per heavy atom. The normalized spacial score (nSPS) is 14.8. The molecule has 1 aliphatic rings. The summed E-state index contributed by atoms with van der Waals surface area (Å²) in [5.41, 5.74) is 1.48. The maximum absolute atomic E-state index is 11.7. The number of carbonyl (C=O) groups is 1.